The molecule has 1 saturated carbocycles. The van der Waals surface area contributed by atoms with Crippen molar-refractivity contribution < 1.29 is 15.0 Å². The molecule has 1 amide bonds. The molecule has 1 aliphatic carbocycles. The number of amides is 1. The molecule has 0 radical (unpaired) electrons. The van der Waals surface area contributed by atoms with Crippen molar-refractivity contribution in [3.8, 4) is 0 Å². The maximum atomic E-state index is 12.4. The van der Waals surface area contributed by atoms with Crippen molar-refractivity contribution in [2.45, 2.75) is 44.7 Å². The fourth-order valence-corrected chi connectivity index (χ4v) is 4.04. The van der Waals surface area contributed by atoms with Gasteiger partial charge in [0.1, 0.15) is 0 Å². The van der Waals surface area contributed by atoms with Crippen LogP contribution in [0.4, 0.5) is 0 Å². The van der Waals surface area contributed by atoms with Gasteiger partial charge in [0, 0.05) is 37.3 Å². The number of piperidine rings is 1. The summed E-state index contributed by atoms with van der Waals surface area (Å²) >= 11 is 0. The molecular weight excluding hydrogens is 316 g/mol. The molecule has 0 spiro atoms. The van der Waals surface area contributed by atoms with Crippen LogP contribution < -0.4 is 5.32 Å². The first-order valence-corrected chi connectivity index (χ1v) is 9.53. The maximum Gasteiger partial charge on any atom is 0.251 e. The lowest BCUT2D eigenvalue weighted by atomic mass is 9.97. The van der Waals surface area contributed by atoms with Gasteiger partial charge in [-0.25, -0.2) is 0 Å². The zero-order chi connectivity index (χ0) is 17.6. The largest absolute Gasteiger partial charge is 0.396 e. The van der Waals surface area contributed by atoms with Crippen molar-refractivity contribution in [3.63, 3.8) is 0 Å². The topological polar surface area (TPSA) is 72.8 Å². The Bertz CT molecular complexity index is 553. The first kappa shape index (κ1) is 18.4. The zero-order valence-electron chi connectivity index (χ0n) is 14.9. The quantitative estimate of drug-likeness (QED) is 0.734. The number of hydrogen-bond acceptors (Lipinski definition) is 4. The molecule has 5 nitrogen and oxygen atoms in total. The van der Waals surface area contributed by atoms with E-state index in [2.05, 4.69) is 10.2 Å². The molecule has 138 valence electrons. The third-order valence-electron chi connectivity index (χ3n) is 5.80. The molecular formula is C20H30N2O3. The van der Waals surface area contributed by atoms with Gasteiger partial charge in [-0.05, 0) is 62.4 Å². The van der Waals surface area contributed by atoms with Crippen molar-refractivity contribution >= 4 is 5.91 Å². The Morgan fingerprint density at radius 2 is 1.76 bits per heavy atom. The number of hydrogen-bond donors (Lipinski definition) is 3. The summed E-state index contributed by atoms with van der Waals surface area (Å²) in [6.45, 7) is 3.40. The highest BCUT2D eigenvalue weighted by atomic mass is 16.3. The zero-order valence-corrected chi connectivity index (χ0v) is 14.9. The first-order valence-electron chi connectivity index (χ1n) is 9.53. The van der Waals surface area contributed by atoms with Gasteiger partial charge in [0.2, 0.25) is 0 Å². The number of aliphatic hydroxyl groups excluding tert-OH is 2. The molecule has 0 bridgehead atoms. The average Bonchev–Trinajstić information content (AvgIpc) is 3.10. The number of carbonyl (C=O) groups is 1. The van der Waals surface area contributed by atoms with Gasteiger partial charge < -0.3 is 15.5 Å². The molecule has 1 saturated heterocycles. The Morgan fingerprint density at radius 3 is 2.40 bits per heavy atom. The highest BCUT2D eigenvalue weighted by molar-refractivity contribution is 5.94. The van der Waals surface area contributed by atoms with Gasteiger partial charge >= 0.3 is 0 Å². The van der Waals surface area contributed by atoms with Crippen LogP contribution in [-0.4, -0.2) is 53.4 Å². The normalized spacial score (nSPS) is 25.2. The fraction of sp³-hybridized carbons (Fsp3) is 0.650. The molecule has 3 N–H and O–H groups in total. The average molecular weight is 346 g/mol. The highest BCUT2D eigenvalue weighted by Gasteiger charge is 2.28. The molecule has 0 unspecified atom stereocenters. The molecule has 3 rings (SSSR count). The van der Waals surface area contributed by atoms with E-state index < -0.39 is 0 Å². The van der Waals surface area contributed by atoms with Gasteiger partial charge in [-0.15, -0.1) is 0 Å². The summed E-state index contributed by atoms with van der Waals surface area (Å²) in [4.78, 5) is 14.8. The van der Waals surface area contributed by atoms with Gasteiger partial charge in [0.15, 0.2) is 0 Å². The van der Waals surface area contributed by atoms with Crippen molar-refractivity contribution in [1.82, 2.24) is 10.2 Å². The number of rotatable bonds is 6. The van der Waals surface area contributed by atoms with Crippen LogP contribution in [0.15, 0.2) is 24.3 Å². The van der Waals surface area contributed by atoms with E-state index in [1.807, 2.05) is 24.3 Å². The third-order valence-corrected chi connectivity index (χ3v) is 5.80. The fourth-order valence-electron chi connectivity index (χ4n) is 4.04. The smallest absolute Gasteiger partial charge is 0.251 e. The van der Waals surface area contributed by atoms with E-state index in [4.69, 9.17) is 0 Å². The van der Waals surface area contributed by atoms with Crippen LogP contribution >= 0.6 is 0 Å². The predicted molar refractivity (Wildman–Crippen MR) is 97.2 cm³/mol. The van der Waals surface area contributed by atoms with Crippen LogP contribution in [0.25, 0.3) is 0 Å². The van der Waals surface area contributed by atoms with Crippen LogP contribution in [0.2, 0.25) is 0 Å². The number of benzene rings is 1. The molecule has 1 aromatic rings. The summed E-state index contributed by atoms with van der Waals surface area (Å²) in [5.74, 6) is 0.617. The monoisotopic (exact) mass is 346 g/mol. The molecule has 1 aliphatic heterocycles. The van der Waals surface area contributed by atoms with E-state index in [-0.39, 0.29) is 24.5 Å². The van der Waals surface area contributed by atoms with Crippen LogP contribution in [0.3, 0.4) is 0 Å². The second kappa shape index (κ2) is 8.79. The van der Waals surface area contributed by atoms with Crippen molar-refractivity contribution in [2.75, 3.05) is 26.3 Å². The second-order valence-corrected chi connectivity index (χ2v) is 7.55. The standard InChI is InChI=1S/C20H30N2O3/c23-13-16-8-10-22(11-9-16)12-15-4-6-17(7-5-15)20(25)21-19-3-1-2-18(19)14-24/h4-7,16,18-19,23-24H,1-3,8-14H2,(H,21,25)/t18-,19-/m1/s1. The Morgan fingerprint density at radius 1 is 1.04 bits per heavy atom. The molecule has 0 aromatic heterocycles. The van der Waals surface area contributed by atoms with Crippen LogP contribution in [0.5, 0.6) is 0 Å². The van der Waals surface area contributed by atoms with Crippen molar-refractivity contribution in [3.05, 3.63) is 35.4 Å². The molecule has 2 atom stereocenters. The maximum absolute atomic E-state index is 12.4. The second-order valence-electron chi connectivity index (χ2n) is 7.55. The van der Waals surface area contributed by atoms with Crippen molar-refractivity contribution in [1.29, 1.82) is 0 Å². The minimum atomic E-state index is -0.0411. The Hall–Kier alpha value is -1.43. The highest BCUT2D eigenvalue weighted by Crippen LogP contribution is 2.25. The predicted octanol–water partition coefficient (Wildman–Crippen LogP) is 1.78. The third kappa shape index (κ3) is 4.81. The lowest BCUT2D eigenvalue weighted by Crippen LogP contribution is -2.38. The summed E-state index contributed by atoms with van der Waals surface area (Å²) in [6, 6.07) is 7.96. The summed E-state index contributed by atoms with van der Waals surface area (Å²) in [5, 5.41) is 21.7. The Labute approximate surface area is 150 Å². The number of nitrogens with one attached hydrogen (secondary N) is 1. The lowest BCUT2D eigenvalue weighted by molar-refractivity contribution is 0.0916. The SMILES string of the molecule is O=C(N[C@@H]1CCC[C@@H]1CO)c1ccc(CN2CCC(CO)CC2)cc1. The number of aliphatic hydroxyl groups is 2. The van der Waals surface area contributed by atoms with Gasteiger partial charge in [-0.3, -0.25) is 9.69 Å². The van der Waals surface area contributed by atoms with Gasteiger partial charge in [0.25, 0.3) is 5.91 Å². The van der Waals surface area contributed by atoms with E-state index in [0.29, 0.717) is 18.1 Å². The number of carbonyl (C=O) groups excluding carboxylic acids is 1. The van der Waals surface area contributed by atoms with E-state index >= 15 is 0 Å². The van der Waals surface area contributed by atoms with Crippen molar-refractivity contribution in [2.24, 2.45) is 11.8 Å². The molecule has 2 fully saturated rings. The molecule has 1 heterocycles. The Balaban J connectivity index is 1.51. The minimum Gasteiger partial charge on any atom is -0.396 e. The molecule has 1 aromatic carbocycles. The van der Waals surface area contributed by atoms with Gasteiger partial charge in [-0.1, -0.05) is 18.6 Å². The van der Waals surface area contributed by atoms with E-state index in [1.54, 1.807) is 0 Å². The van der Waals surface area contributed by atoms with Gasteiger partial charge in [-0.2, -0.15) is 0 Å². The number of nitrogens with zero attached hydrogens (tertiary/aromatic N) is 1. The summed E-state index contributed by atoms with van der Waals surface area (Å²) in [7, 11) is 0. The van der Waals surface area contributed by atoms with Crippen LogP contribution in [0.1, 0.15) is 48.0 Å². The first-order chi connectivity index (χ1) is 12.2. The van der Waals surface area contributed by atoms with E-state index in [1.165, 1.54) is 5.56 Å². The minimum absolute atomic E-state index is 0.0411. The van der Waals surface area contributed by atoms with Gasteiger partial charge in [0.05, 0.1) is 0 Å². The lowest BCUT2D eigenvalue weighted by Gasteiger charge is -2.31. The molecule has 5 heteroatoms. The number of likely N-dealkylation sites (tertiary alicyclic amines) is 1. The van der Waals surface area contributed by atoms with Crippen LogP contribution in [-0.2, 0) is 6.54 Å². The summed E-state index contributed by atoms with van der Waals surface area (Å²) in [6.07, 6.45) is 5.14. The Kier molecular flexibility index (Phi) is 6.45. The molecule has 25 heavy (non-hydrogen) atoms. The van der Waals surface area contributed by atoms with E-state index in [9.17, 15) is 15.0 Å². The molecule has 2 aliphatic rings. The van der Waals surface area contributed by atoms with Crippen LogP contribution in [0, 0.1) is 11.8 Å². The van der Waals surface area contributed by atoms with E-state index in [0.717, 1.165) is 51.7 Å². The summed E-state index contributed by atoms with van der Waals surface area (Å²) < 4.78 is 0. The summed E-state index contributed by atoms with van der Waals surface area (Å²) in [5.41, 5.74) is 1.90.